The Kier molecular flexibility index (Phi) is 9.38. The number of hydrogen-bond acceptors (Lipinski definition) is 4. The van der Waals surface area contributed by atoms with Crippen molar-refractivity contribution >= 4 is 80.2 Å². The van der Waals surface area contributed by atoms with Gasteiger partial charge in [-0.25, -0.2) is 0 Å². The highest BCUT2D eigenvalue weighted by molar-refractivity contribution is 14.1. The van der Waals surface area contributed by atoms with Crippen LogP contribution in [0.2, 0.25) is 10.0 Å². The predicted molar refractivity (Wildman–Crippen MR) is 193 cm³/mol. The average molecular weight is 860 g/mol. The Morgan fingerprint density at radius 1 is 0.667 bits per heavy atom. The molecule has 5 nitrogen and oxygen atoms in total. The molecule has 1 fully saturated rings. The number of carbonyl (C=O) groups excluding carboxylic acids is 2. The molecule has 5 aromatic carbocycles. The van der Waals surface area contributed by atoms with Gasteiger partial charge >= 0.3 is 0 Å². The van der Waals surface area contributed by atoms with Gasteiger partial charge in [-0.15, -0.1) is 0 Å². The molecule has 226 valence electrons. The predicted octanol–water partition coefficient (Wildman–Crippen LogP) is 8.70. The molecule has 0 bridgehead atoms. The van der Waals surface area contributed by atoms with Crippen molar-refractivity contribution in [1.29, 1.82) is 0 Å². The third-order valence-corrected chi connectivity index (χ3v) is 9.91. The third-order valence-electron chi connectivity index (χ3n) is 7.96. The number of rotatable bonds is 6. The van der Waals surface area contributed by atoms with Crippen LogP contribution in [0.4, 0.5) is 0 Å². The lowest BCUT2D eigenvalue weighted by Gasteiger charge is -2.32. The van der Waals surface area contributed by atoms with Gasteiger partial charge in [0.05, 0.1) is 24.3 Å². The van der Waals surface area contributed by atoms with Crippen molar-refractivity contribution in [3.05, 3.63) is 172 Å². The van der Waals surface area contributed by atoms with E-state index in [1.165, 1.54) is 14.7 Å². The standard InChI is InChI=1S/C22H15ClINO3.C14H10ClIO/c23-16-9-5-14(6-10-16)22(28,15-7-11-17(24)12-8-15)13-25-20(26)18-3-1-2-4-19(18)21(25)27;15-12-5-1-10(2-6-12)14(9-17-14)11-3-7-13(16)8-4-11/h1-12,28H,13H2;1-8H,9H2. The summed E-state index contributed by atoms with van der Waals surface area (Å²) in [5.74, 6) is -0.808. The van der Waals surface area contributed by atoms with E-state index in [2.05, 4.69) is 69.4 Å². The first-order valence-electron chi connectivity index (χ1n) is 14.0. The van der Waals surface area contributed by atoms with Crippen LogP contribution in [0.15, 0.2) is 121 Å². The normalized spacial score (nSPS) is 18.1. The van der Waals surface area contributed by atoms with Crippen LogP contribution in [0.5, 0.6) is 0 Å². The molecule has 2 unspecified atom stereocenters. The van der Waals surface area contributed by atoms with Crippen LogP contribution in [-0.2, 0) is 15.9 Å². The highest BCUT2D eigenvalue weighted by Crippen LogP contribution is 2.45. The number of imide groups is 1. The molecule has 2 amide bonds. The Bertz CT molecular complexity index is 1730. The maximum absolute atomic E-state index is 12.8. The summed E-state index contributed by atoms with van der Waals surface area (Å²) in [5.41, 5.74) is 2.42. The van der Waals surface area contributed by atoms with Gasteiger partial charge < -0.3 is 9.84 Å². The van der Waals surface area contributed by atoms with Crippen molar-refractivity contribution < 1.29 is 19.4 Å². The van der Waals surface area contributed by atoms with E-state index >= 15 is 0 Å². The van der Waals surface area contributed by atoms with Gasteiger partial charge in [0, 0.05) is 17.2 Å². The summed E-state index contributed by atoms with van der Waals surface area (Å²) in [6.45, 7) is 0.552. The van der Waals surface area contributed by atoms with Gasteiger partial charge in [0.1, 0.15) is 11.2 Å². The number of carbonyl (C=O) groups is 2. The maximum Gasteiger partial charge on any atom is 0.261 e. The topological polar surface area (TPSA) is 70.1 Å². The molecule has 0 aliphatic carbocycles. The van der Waals surface area contributed by atoms with Gasteiger partial charge in [0.15, 0.2) is 0 Å². The minimum Gasteiger partial charge on any atom is -0.378 e. The average Bonchev–Trinajstić information content (AvgIpc) is 3.82. The van der Waals surface area contributed by atoms with E-state index in [1.54, 1.807) is 60.7 Å². The summed E-state index contributed by atoms with van der Waals surface area (Å²) in [4.78, 5) is 26.8. The molecule has 5 aromatic rings. The van der Waals surface area contributed by atoms with Gasteiger partial charge in [-0.1, -0.05) is 83.9 Å². The zero-order chi connectivity index (χ0) is 31.8. The number of amides is 2. The Balaban J connectivity index is 0.000000179. The van der Waals surface area contributed by atoms with Crippen LogP contribution >= 0.6 is 68.4 Å². The van der Waals surface area contributed by atoms with Gasteiger partial charge in [0.2, 0.25) is 0 Å². The molecule has 0 radical (unpaired) electrons. The summed E-state index contributed by atoms with van der Waals surface area (Å²) in [5, 5.41) is 13.0. The SMILES string of the molecule is Clc1ccc(C2(c3ccc(I)cc3)CO2)cc1.O=C1c2ccccc2C(=O)N1CC(O)(c1ccc(Cl)cc1)c1ccc(I)cc1. The van der Waals surface area contributed by atoms with E-state index in [4.69, 9.17) is 27.9 Å². The van der Waals surface area contributed by atoms with Gasteiger partial charge in [-0.2, -0.15) is 0 Å². The summed E-state index contributed by atoms with van der Waals surface area (Å²) >= 11 is 16.4. The molecule has 7 rings (SSSR count). The molecule has 2 atom stereocenters. The number of nitrogens with zero attached hydrogens (tertiary/aromatic N) is 1. The Morgan fingerprint density at radius 3 is 1.49 bits per heavy atom. The second kappa shape index (κ2) is 13.1. The first-order chi connectivity index (χ1) is 21.6. The number of fused-ring (bicyclic) bond motifs is 1. The number of halogens is 4. The molecule has 2 heterocycles. The monoisotopic (exact) mass is 859 g/mol. The highest BCUT2D eigenvalue weighted by atomic mass is 127. The Hall–Kier alpha value is -2.80. The minimum absolute atomic E-state index is 0.193. The van der Waals surface area contributed by atoms with Crippen LogP contribution in [0, 0.1) is 7.14 Å². The fourth-order valence-electron chi connectivity index (χ4n) is 5.42. The van der Waals surface area contributed by atoms with Crippen LogP contribution in [0.3, 0.4) is 0 Å². The third kappa shape index (κ3) is 6.57. The lowest BCUT2D eigenvalue weighted by atomic mass is 9.85. The molecule has 0 saturated carbocycles. The van der Waals surface area contributed by atoms with Crippen molar-refractivity contribution in [3.8, 4) is 0 Å². The second-order valence-corrected chi connectivity index (χ2v) is 14.1. The molecule has 0 aromatic heterocycles. The number of ether oxygens (including phenoxy) is 1. The largest absolute Gasteiger partial charge is 0.378 e. The summed E-state index contributed by atoms with van der Waals surface area (Å²) < 4.78 is 7.95. The van der Waals surface area contributed by atoms with E-state index < -0.39 is 17.4 Å². The van der Waals surface area contributed by atoms with Crippen molar-refractivity contribution in [1.82, 2.24) is 4.90 Å². The van der Waals surface area contributed by atoms with Crippen LogP contribution in [0.25, 0.3) is 0 Å². The fourth-order valence-corrected chi connectivity index (χ4v) is 6.39. The molecule has 9 heteroatoms. The van der Waals surface area contributed by atoms with Crippen LogP contribution < -0.4 is 0 Å². The summed E-state index contributed by atoms with van der Waals surface area (Å²) in [6.07, 6.45) is 0. The molecule has 1 saturated heterocycles. The smallest absolute Gasteiger partial charge is 0.261 e. The van der Waals surface area contributed by atoms with Crippen LogP contribution in [0.1, 0.15) is 43.0 Å². The van der Waals surface area contributed by atoms with E-state index in [9.17, 15) is 14.7 Å². The number of aliphatic hydroxyl groups is 1. The zero-order valence-corrected chi connectivity index (χ0v) is 29.4. The van der Waals surface area contributed by atoms with Crippen molar-refractivity contribution in [3.63, 3.8) is 0 Å². The number of epoxide rings is 1. The van der Waals surface area contributed by atoms with Gasteiger partial charge in [-0.3, -0.25) is 14.5 Å². The van der Waals surface area contributed by atoms with Crippen molar-refractivity contribution in [2.75, 3.05) is 13.2 Å². The fraction of sp³-hybridized carbons (Fsp3) is 0.111. The van der Waals surface area contributed by atoms with E-state index in [0.717, 1.165) is 20.1 Å². The molecule has 0 spiro atoms. The van der Waals surface area contributed by atoms with Crippen LogP contribution in [-0.4, -0.2) is 35.0 Å². The lowest BCUT2D eigenvalue weighted by Crippen LogP contribution is -2.44. The molecule has 2 aliphatic rings. The number of β-amino-alcohol motifs (C(OH)–C–C–N with tert-alkyl or cyclic N) is 1. The van der Waals surface area contributed by atoms with E-state index in [-0.39, 0.29) is 12.1 Å². The number of benzene rings is 5. The van der Waals surface area contributed by atoms with E-state index in [0.29, 0.717) is 27.3 Å². The quantitative estimate of drug-likeness (QED) is 0.106. The molecular weight excluding hydrogens is 835 g/mol. The summed E-state index contributed by atoms with van der Waals surface area (Å²) in [6, 6.07) is 37.2. The first kappa shape index (κ1) is 32.2. The molecule has 2 aliphatic heterocycles. The lowest BCUT2D eigenvalue weighted by molar-refractivity contribution is 0.0295. The molecule has 1 N–H and O–H groups in total. The van der Waals surface area contributed by atoms with E-state index in [1.807, 2.05) is 36.4 Å². The first-order valence-corrected chi connectivity index (χ1v) is 16.9. The maximum atomic E-state index is 12.8. The van der Waals surface area contributed by atoms with Gasteiger partial charge in [0.25, 0.3) is 11.8 Å². The Labute approximate surface area is 298 Å². The molecule has 45 heavy (non-hydrogen) atoms. The number of hydrogen-bond donors (Lipinski definition) is 1. The minimum atomic E-state index is -1.57. The summed E-state index contributed by atoms with van der Waals surface area (Å²) in [7, 11) is 0. The zero-order valence-electron chi connectivity index (χ0n) is 23.6. The molecular formula is C36H25Cl2I2NO4. The van der Waals surface area contributed by atoms with Crippen molar-refractivity contribution in [2.24, 2.45) is 0 Å². The van der Waals surface area contributed by atoms with Crippen molar-refractivity contribution in [2.45, 2.75) is 11.2 Å². The Morgan fingerprint density at radius 2 is 1.04 bits per heavy atom. The van der Waals surface area contributed by atoms with Gasteiger partial charge in [-0.05, 0) is 128 Å². The highest BCUT2D eigenvalue weighted by Gasteiger charge is 2.48. The second-order valence-electron chi connectivity index (χ2n) is 10.7.